The van der Waals surface area contributed by atoms with E-state index < -0.39 is 9.84 Å². The Kier molecular flexibility index (Phi) is 8.52. The van der Waals surface area contributed by atoms with Crippen LogP contribution in [0.4, 0.5) is 0 Å². The van der Waals surface area contributed by atoms with Gasteiger partial charge in [-0.25, -0.2) is 8.42 Å². The fraction of sp³-hybridized carbons (Fsp3) is 0.381. The summed E-state index contributed by atoms with van der Waals surface area (Å²) in [4.78, 5) is 14.2. The molecule has 158 valence electrons. The first kappa shape index (κ1) is 23.2. The average Bonchev–Trinajstić information content (AvgIpc) is 2.69. The van der Waals surface area contributed by atoms with Gasteiger partial charge in [0.1, 0.15) is 11.5 Å². The van der Waals surface area contributed by atoms with Gasteiger partial charge in [-0.05, 0) is 64.7 Å². The number of hydrogen-bond donors (Lipinski definition) is 0. The Morgan fingerprint density at radius 3 is 2.59 bits per heavy atom. The number of carbonyl (C=O) groups is 1. The molecular weight excluding hydrogens is 458 g/mol. The number of carbonyl (C=O) groups excluding carboxylic acids is 1. The summed E-state index contributed by atoms with van der Waals surface area (Å²) in [7, 11) is 0.130. The van der Waals surface area contributed by atoms with E-state index in [0.717, 1.165) is 22.0 Å². The number of hydrogen-bond acceptors (Lipinski definition) is 5. The zero-order valence-electron chi connectivity index (χ0n) is 16.9. The van der Waals surface area contributed by atoms with Crippen LogP contribution in [0.25, 0.3) is 0 Å². The molecule has 29 heavy (non-hydrogen) atoms. The van der Waals surface area contributed by atoms with E-state index in [2.05, 4.69) is 15.9 Å². The fourth-order valence-corrected chi connectivity index (χ4v) is 3.96. The molecule has 8 heteroatoms. The molecule has 0 bridgehead atoms. The highest BCUT2D eigenvalue weighted by molar-refractivity contribution is 9.10. The van der Waals surface area contributed by atoms with Crippen LogP contribution in [0, 0.1) is 0 Å². The molecule has 0 fully saturated rings. The summed E-state index contributed by atoms with van der Waals surface area (Å²) in [6.07, 6.45) is 2.89. The molecule has 2 aromatic carbocycles. The van der Waals surface area contributed by atoms with Gasteiger partial charge in [0.05, 0.1) is 23.1 Å². The average molecular weight is 484 g/mol. The van der Waals surface area contributed by atoms with Crippen LogP contribution < -0.4 is 9.47 Å². The normalized spacial score (nSPS) is 11.2. The molecule has 0 N–H and O–H groups in total. The second-order valence-corrected chi connectivity index (χ2v) is 9.60. The quantitative estimate of drug-likeness (QED) is 0.481. The van der Waals surface area contributed by atoms with E-state index in [4.69, 9.17) is 9.47 Å². The third-order valence-electron chi connectivity index (χ3n) is 4.41. The maximum absolute atomic E-state index is 12.3. The van der Waals surface area contributed by atoms with Crippen molar-refractivity contribution in [2.45, 2.75) is 24.2 Å². The number of rotatable bonds is 10. The predicted molar refractivity (Wildman–Crippen MR) is 116 cm³/mol. The Morgan fingerprint density at radius 2 is 1.93 bits per heavy atom. The van der Waals surface area contributed by atoms with Gasteiger partial charge in [-0.2, -0.15) is 0 Å². The van der Waals surface area contributed by atoms with Crippen molar-refractivity contribution in [3.8, 4) is 11.5 Å². The van der Waals surface area contributed by atoms with Crippen molar-refractivity contribution in [3.05, 3.63) is 52.5 Å². The summed E-state index contributed by atoms with van der Waals surface area (Å²) in [6.45, 7) is 0.965. The highest BCUT2D eigenvalue weighted by atomic mass is 79.9. The number of aryl methyl sites for hydroxylation is 1. The molecule has 2 rings (SSSR count). The zero-order chi connectivity index (χ0) is 21.4. The maximum atomic E-state index is 12.3. The lowest BCUT2D eigenvalue weighted by Gasteiger charge is -2.17. The van der Waals surface area contributed by atoms with E-state index in [9.17, 15) is 13.2 Å². The minimum absolute atomic E-state index is 0.0658. The molecule has 0 aliphatic heterocycles. The summed E-state index contributed by atoms with van der Waals surface area (Å²) in [5.74, 6) is 1.34. The van der Waals surface area contributed by atoms with Crippen molar-refractivity contribution in [1.29, 1.82) is 0 Å². The number of amides is 1. The van der Waals surface area contributed by atoms with Crippen LogP contribution in [-0.2, 0) is 21.1 Å². The van der Waals surface area contributed by atoms with E-state index >= 15 is 0 Å². The largest absolute Gasteiger partial charge is 0.496 e. The molecule has 0 unspecified atom stereocenters. The highest BCUT2D eigenvalue weighted by Crippen LogP contribution is 2.26. The number of halogens is 1. The van der Waals surface area contributed by atoms with Crippen molar-refractivity contribution < 1.29 is 22.7 Å². The maximum Gasteiger partial charge on any atom is 0.222 e. The molecule has 0 radical (unpaired) electrons. The van der Waals surface area contributed by atoms with E-state index in [-0.39, 0.29) is 10.8 Å². The Bertz CT molecular complexity index is 946. The third kappa shape index (κ3) is 7.36. The minimum atomic E-state index is -3.26. The highest BCUT2D eigenvalue weighted by Gasteiger charge is 2.11. The molecule has 0 aromatic heterocycles. The molecule has 6 nitrogen and oxygen atoms in total. The van der Waals surface area contributed by atoms with Gasteiger partial charge in [0.2, 0.25) is 5.91 Å². The van der Waals surface area contributed by atoms with Crippen molar-refractivity contribution in [1.82, 2.24) is 4.90 Å². The van der Waals surface area contributed by atoms with Crippen LogP contribution in [0.2, 0.25) is 0 Å². The summed E-state index contributed by atoms with van der Waals surface area (Å²) < 4.78 is 34.9. The lowest BCUT2D eigenvalue weighted by Crippen LogP contribution is -2.28. The van der Waals surface area contributed by atoms with Crippen LogP contribution in [0.15, 0.2) is 51.8 Å². The van der Waals surface area contributed by atoms with Gasteiger partial charge >= 0.3 is 0 Å². The summed E-state index contributed by atoms with van der Waals surface area (Å²) in [5.41, 5.74) is 1.06. The molecule has 0 saturated carbocycles. The number of benzene rings is 2. The van der Waals surface area contributed by atoms with Gasteiger partial charge in [-0.15, -0.1) is 0 Å². The summed E-state index contributed by atoms with van der Waals surface area (Å²) in [6, 6.07) is 12.2. The van der Waals surface area contributed by atoms with Gasteiger partial charge in [0, 0.05) is 26.3 Å². The van der Waals surface area contributed by atoms with Crippen molar-refractivity contribution in [3.63, 3.8) is 0 Å². The van der Waals surface area contributed by atoms with Crippen molar-refractivity contribution in [2.24, 2.45) is 0 Å². The third-order valence-corrected chi connectivity index (χ3v) is 6.14. The Balaban J connectivity index is 1.74. The van der Waals surface area contributed by atoms with Gasteiger partial charge < -0.3 is 14.4 Å². The van der Waals surface area contributed by atoms with E-state index in [1.54, 1.807) is 31.2 Å². The monoisotopic (exact) mass is 483 g/mol. The van der Waals surface area contributed by atoms with Gasteiger partial charge in [0.15, 0.2) is 9.84 Å². The first-order chi connectivity index (χ1) is 13.7. The number of ether oxygens (including phenoxy) is 2. The Hall–Kier alpha value is -2.06. The number of nitrogens with zero attached hydrogens (tertiary/aromatic N) is 1. The molecule has 0 aliphatic carbocycles. The second-order valence-electron chi connectivity index (χ2n) is 6.73. The number of sulfone groups is 1. The van der Waals surface area contributed by atoms with Gasteiger partial charge in [-0.1, -0.05) is 12.1 Å². The smallest absolute Gasteiger partial charge is 0.222 e. The Labute approximate surface area is 180 Å². The van der Waals surface area contributed by atoms with Crippen LogP contribution in [0.3, 0.4) is 0 Å². The molecule has 0 aliphatic rings. The zero-order valence-corrected chi connectivity index (χ0v) is 19.3. The van der Waals surface area contributed by atoms with E-state index in [1.165, 1.54) is 12.1 Å². The van der Waals surface area contributed by atoms with Crippen molar-refractivity contribution in [2.75, 3.05) is 33.6 Å². The minimum Gasteiger partial charge on any atom is -0.496 e. The fourth-order valence-electron chi connectivity index (χ4n) is 2.72. The van der Waals surface area contributed by atoms with Crippen LogP contribution in [0.5, 0.6) is 11.5 Å². The second kappa shape index (κ2) is 10.6. The molecule has 0 heterocycles. The summed E-state index contributed by atoms with van der Waals surface area (Å²) in [5, 5.41) is 0. The predicted octanol–water partition coefficient (Wildman–Crippen LogP) is 3.72. The van der Waals surface area contributed by atoms with Crippen molar-refractivity contribution >= 4 is 31.7 Å². The molecule has 0 atom stereocenters. The molecular formula is C21H26BrNO5S. The van der Waals surface area contributed by atoms with Crippen LogP contribution in [-0.4, -0.2) is 52.8 Å². The Morgan fingerprint density at radius 1 is 1.17 bits per heavy atom. The SMILES string of the molecule is COc1ccc(CCC(=O)N(C)CCCOc2cccc(S(C)(=O)=O)c2)cc1Br. The standard InChI is InChI=1S/C21H26BrNO5S/c1-23(21(24)11-9-16-8-10-20(27-2)19(22)14-16)12-5-13-28-17-6-4-7-18(15-17)29(3,25)26/h4,6-8,10,14-15H,5,9,11-13H2,1-3H3. The van der Waals surface area contributed by atoms with Gasteiger partial charge in [0.25, 0.3) is 0 Å². The first-order valence-corrected chi connectivity index (χ1v) is 11.9. The van der Waals surface area contributed by atoms with E-state index in [0.29, 0.717) is 38.2 Å². The van der Waals surface area contributed by atoms with Crippen LogP contribution in [0.1, 0.15) is 18.4 Å². The summed E-state index contributed by atoms with van der Waals surface area (Å²) >= 11 is 3.45. The topological polar surface area (TPSA) is 72.9 Å². The lowest BCUT2D eigenvalue weighted by molar-refractivity contribution is -0.129. The lowest BCUT2D eigenvalue weighted by atomic mass is 10.1. The molecule has 0 spiro atoms. The van der Waals surface area contributed by atoms with Gasteiger partial charge in [-0.3, -0.25) is 4.79 Å². The number of methoxy groups -OCH3 is 1. The van der Waals surface area contributed by atoms with Crippen LogP contribution >= 0.6 is 15.9 Å². The molecule has 2 aromatic rings. The molecule has 1 amide bonds. The van der Waals surface area contributed by atoms with E-state index in [1.807, 2.05) is 18.2 Å². The molecule has 0 saturated heterocycles. The first-order valence-electron chi connectivity index (χ1n) is 9.20.